The molecule has 170 valence electrons. The molecule has 0 aliphatic heterocycles. The van der Waals surface area contributed by atoms with Gasteiger partial charge in [0.25, 0.3) is 0 Å². The zero-order valence-electron chi connectivity index (χ0n) is 19.4. The van der Waals surface area contributed by atoms with Gasteiger partial charge in [0.05, 0.1) is 0 Å². The summed E-state index contributed by atoms with van der Waals surface area (Å²) in [6, 6.07) is 33.4. The first-order valence-electron chi connectivity index (χ1n) is 10.7. The summed E-state index contributed by atoms with van der Waals surface area (Å²) in [6.07, 6.45) is 0. The minimum atomic E-state index is -2.81. The fourth-order valence-electron chi connectivity index (χ4n) is 4.43. The van der Waals surface area contributed by atoms with E-state index in [1.165, 1.54) is 21.2 Å². The second kappa shape index (κ2) is 9.97. The number of hydrogen-bond acceptors (Lipinski definition) is 4. The van der Waals surface area contributed by atoms with Crippen LogP contribution in [0.25, 0.3) is 0 Å². The van der Waals surface area contributed by atoms with Crippen LogP contribution in [-0.2, 0) is 0 Å². The van der Waals surface area contributed by atoms with Crippen LogP contribution in [-0.4, -0.2) is 28.4 Å². The van der Waals surface area contributed by atoms with E-state index in [2.05, 4.69) is 72.8 Å². The molecule has 0 radical (unpaired) electrons. The maximum atomic E-state index is 5.64. The quantitative estimate of drug-likeness (QED) is 0.372. The molecule has 0 aliphatic carbocycles. The third kappa shape index (κ3) is 4.27. The summed E-state index contributed by atoms with van der Waals surface area (Å²) in [5.41, 5.74) is 0. The van der Waals surface area contributed by atoms with E-state index < -0.39 is 7.26 Å². The first-order valence-corrected chi connectivity index (χ1v) is 12.7. The van der Waals surface area contributed by atoms with Crippen LogP contribution < -0.4 is 40.2 Å². The van der Waals surface area contributed by atoms with E-state index in [9.17, 15) is 0 Å². The second-order valence-corrected chi connectivity index (χ2v) is 11.5. The normalized spacial score (nSPS) is 11.5. The molecule has 0 atom stereocenters. The standard InChI is InChI=1S/C28H29O4P/c1-29-21-9-5-13-25(17-21)33(26-14-6-10-22(18-26)30-2,27-15-7-11-23(19-27)31-3)28-16-8-12-24(20-28)32-4/h5-20,33H,1-4H3. The Balaban J connectivity index is 2.17. The fourth-order valence-corrected chi connectivity index (χ4v) is 9.25. The van der Waals surface area contributed by atoms with Crippen molar-refractivity contribution in [2.45, 2.75) is 0 Å². The van der Waals surface area contributed by atoms with Gasteiger partial charge < -0.3 is 0 Å². The van der Waals surface area contributed by atoms with Crippen LogP contribution in [0.4, 0.5) is 0 Å². The SMILES string of the molecule is COc1cccc([PH](c2cccc(OC)c2)(c2cccc(OC)c2)c2cccc(OC)c2)c1. The van der Waals surface area contributed by atoms with Gasteiger partial charge in [-0.1, -0.05) is 0 Å². The third-order valence-corrected chi connectivity index (χ3v) is 10.7. The molecule has 0 aromatic heterocycles. The average molecular weight is 461 g/mol. The summed E-state index contributed by atoms with van der Waals surface area (Å²) < 4.78 is 22.6. The molecule has 0 N–H and O–H groups in total. The van der Waals surface area contributed by atoms with Crippen molar-refractivity contribution in [1.82, 2.24) is 0 Å². The van der Waals surface area contributed by atoms with E-state index in [0.717, 1.165) is 23.0 Å². The van der Waals surface area contributed by atoms with Crippen LogP contribution in [0.5, 0.6) is 23.0 Å². The Hall–Kier alpha value is -3.49. The fraction of sp³-hybridized carbons (Fsp3) is 0.143. The van der Waals surface area contributed by atoms with Gasteiger partial charge in [0.1, 0.15) is 0 Å². The molecule has 0 saturated heterocycles. The Bertz CT molecular complexity index is 1040. The molecular formula is C28H29O4P. The molecule has 4 rings (SSSR count). The van der Waals surface area contributed by atoms with E-state index in [1.807, 2.05) is 24.3 Å². The molecule has 0 unspecified atom stereocenters. The van der Waals surface area contributed by atoms with E-state index in [0.29, 0.717) is 0 Å². The predicted octanol–water partition coefficient (Wildman–Crippen LogP) is 4.07. The molecular weight excluding hydrogens is 431 g/mol. The Labute approximate surface area is 196 Å². The molecule has 4 aromatic carbocycles. The van der Waals surface area contributed by atoms with Crippen LogP contribution in [0, 0.1) is 0 Å². The second-order valence-electron chi connectivity index (χ2n) is 7.68. The van der Waals surface area contributed by atoms with E-state index in [4.69, 9.17) is 18.9 Å². The van der Waals surface area contributed by atoms with Crippen molar-refractivity contribution in [3.63, 3.8) is 0 Å². The van der Waals surface area contributed by atoms with Crippen LogP contribution >= 0.6 is 7.26 Å². The van der Waals surface area contributed by atoms with E-state index >= 15 is 0 Å². The van der Waals surface area contributed by atoms with Crippen molar-refractivity contribution < 1.29 is 18.9 Å². The Morgan fingerprint density at radius 1 is 0.394 bits per heavy atom. The number of rotatable bonds is 8. The van der Waals surface area contributed by atoms with Crippen LogP contribution in [0.15, 0.2) is 97.1 Å². The zero-order chi connectivity index (χ0) is 23.3. The van der Waals surface area contributed by atoms with Crippen LogP contribution in [0.2, 0.25) is 0 Å². The monoisotopic (exact) mass is 460 g/mol. The molecule has 4 nitrogen and oxygen atoms in total. The van der Waals surface area contributed by atoms with Crippen molar-refractivity contribution in [2.75, 3.05) is 28.4 Å². The van der Waals surface area contributed by atoms with Crippen molar-refractivity contribution in [3.8, 4) is 23.0 Å². The maximum absolute atomic E-state index is 5.64. The van der Waals surface area contributed by atoms with E-state index in [1.54, 1.807) is 28.4 Å². The van der Waals surface area contributed by atoms with Gasteiger partial charge in [-0.3, -0.25) is 0 Å². The van der Waals surface area contributed by atoms with Crippen molar-refractivity contribution in [2.24, 2.45) is 0 Å². The summed E-state index contributed by atoms with van der Waals surface area (Å²) in [7, 11) is 3.99. The molecule has 0 spiro atoms. The van der Waals surface area contributed by atoms with Gasteiger partial charge in [0, 0.05) is 0 Å². The number of methoxy groups -OCH3 is 4. The van der Waals surface area contributed by atoms with E-state index in [-0.39, 0.29) is 0 Å². The molecule has 4 aromatic rings. The van der Waals surface area contributed by atoms with Crippen molar-refractivity contribution >= 4 is 28.5 Å². The van der Waals surface area contributed by atoms with Gasteiger partial charge in [0.15, 0.2) is 0 Å². The zero-order valence-corrected chi connectivity index (χ0v) is 20.4. The number of benzene rings is 4. The molecule has 0 heterocycles. The number of hydrogen-bond donors (Lipinski definition) is 0. The van der Waals surface area contributed by atoms with Gasteiger partial charge in [-0.05, 0) is 0 Å². The summed E-state index contributed by atoms with van der Waals surface area (Å²) in [5.74, 6) is 3.27. The summed E-state index contributed by atoms with van der Waals surface area (Å²) in [4.78, 5) is 0. The summed E-state index contributed by atoms with van der Waals surface area (Å²) >= 11 is 0. The average Bonchev–Trinajstić information content (AvgIpc) is 2.89. The van der Waals surface area contributed by atoms with Gasteiger partial charge in [-0.15, -0.1) is 0 Å². The molecule has 0 fully saturated rings. The Kier molecular flexibility index (Phi) is 6.86. The van der Waals surface area contributed by atoms with Gasteiger partial charge in [-0.25, -0.2) is 0 Å². The van der Waals surface area contributed by atoms with Crippen LogP contribution in [0.3, 0.4) is 0 Å². The molecule has 0 bridgehead atoms. The first kappa shape index (κ1) is 22.7. The third-order valence-electron chi connectivity index (χ3n) is 6.01. The van der Waals surface area contributed by atoms with Gasteiger partial charge in [0.2, 0.25) is 0 Å². The molecule has 5 heteroatoms. The number of ether oxygens (including phenoxy) is 4. The summed E-state index contributed by atoms with van der Waals surface area (Å²) in [6.45, 7) is 0. The minimum absolute atomic E-state index is 0.818. The first-order chi connectivity index (χ1) is 16.1. The van der Waals surface area contributed by atoms with Crippen molar-refractivity contribution in [3.05, 3.63) is 97.1 Å². The molecule has 0 saturated carbocycles. The Morgan fingerprint density at radius 2 is 0.636 bits per heavy atom. The summed E-state index contributed by atoms with van der Waals surface area (Å²) in [5, 5.41) is 4.77. The molecule has 33 heavy (non-hydrogen) atoms. The molecule has 0 aliphatic rings. The Morgan fingerprint density at radius 3 is 0.848 bits per heavy atom. The van der Waals surface area contributed by atoms with Gasteiger partial charge >= 0.3 is 196 Å². The van der Waals surface area contributed by atoms with Crippen molar-refractivity contribution in [1.29, 1.82) is 0 Å². The van der Waals surface area contributed by atoms with Crippen LogP contribution in [0.1, 0.15) is 0 Å². The topological polar surface area (TPSA) is 36.9 Å². The molecule has 0 amide bonds. The van der Waals surface area contributed by atoms with Gasteiger partial charge in [-0.2, -0.15) is 0 Å². The predicted molar refractivity (Wildman–Crippen MR) is 139 cm³/mol.